The first-order chi connectivity index (χ1) is 14.5. The van der Waals surface area contributed by atoms with Crippen LogP contribution in [0.2, 0.25) is 5.02 Å². The van der Waals surface area contributed by atoms with Crippen molar-refractivity contribution in [2.45, 2.75) is 9.79 Å². The van der Waals surface area contributed by atoms with E-state index < -0.39 is 26.1 Å². The molecule has 0 bridgehead atoms. The van der Waals surface area contributed by atoms with Crippen LogP contribution in [0.15, 0.2) is 82.6 Å². The number of hydrogen-bond donors (Lipinski definition) is 4. The molecular formula is C19H17ClN4O5S2. The van der Waals surface area contributed by atoms with E-state index in [1.165, 1.54) is 48.5 Å². The third-order valence-electron chi connectivity index (χ3n) is 3.96. The molecule has 0 spiro atoms. The molecular weight excluding hydrogens is 464 g/mol. The highest BCUT2D eigenvalue weighted by atomic mass is 35.5. The Morgan fingerprint density at radius 1 is 0.677 bits per heavy atom. The third kappa shape index (κ3) is 6.18. The van der Waals surface area contributed by atoms with Crippen molar-refractivity contribution >= 4 is 54.7 Å². The van der Waals surface area contributed by atoms with Gasteiger partial charge in [0, 0.05) is 22.1 Å². The van der Waals surface area contributed by atoms with Crippen LogP contribution in [0, 0.1) is 0 Å². The summed E-state index contributed by atoms with van der Waals surface area (Å²) in [6.07, 6.45) is 0. The number of amides is 2. The van der Waals surface area contributed by atoms with Gasteiger partial charge in [0.2, 0.25) is 10.0 Å². The van der Waals surface area contributed by atoms with E-state index in [-0.39, 0.29) is 15.5 Å². The Labute approximate surface area is 184 Å². The van der Waals surface area contributed by atoms with Crippen molar-refractivity contribution in [3.05, 3.63) is 77.8 Å². The summed E-state index contributed by atoms with van der Waals surface area (Å²) in [5, 5.41) is 10.8. The molecule has 162 valence electrons. The van der Waals surface area contributed by atoms with Crippen LogP contribution in [0.1, 0.15) is 0 Å². The fraction of sp³-hybridized carbons (Fsp3) is 0. The molecule has 3 aromatic carbocycles. The Bertz CT molecular complexity index is 1290. The molecule has 5 N–H and O–H groups in total. The monoisotopic (exact) mass is 480 g/mol. The number of rotatable bonds is 6. The summed E-state index contributed by atoms with van der Waals surface area (Å²) in [4.78, 5) is 11.9. The van der Waals surface area contributed by atoms with Crippen LogP contribution < -0.4 is 20.5 Å². The van der Waals surface area contributed by atoms with E-state index in [4.69, 9.17) is 16.7 Å². The largest absolute Gasteiger partial charge is 0.323 e. The van der Waals surface area contributed by atoms with Gasteiger partial charge in [-0.2, -0.15) is 0 Å². The van der Waals surface area contributed by atoms with Crippen LogP contribution in [0.3, 0.4) is 0 Å². The molecule has 9 nitrogen and oxygen atoms in total. The lowest BCUT2D eigenvalue weighted by atomic mass is 10.3. The third-order valence-corrected chi connectivity index (χ3v) is 6.54. The van der Waals surface area contributed by atoms with Gasteiger partial charge >= 0.3 is 6.03 Å². The van der Waals surface area contributed by atoms with Crippen molar-refractivity contribution in [1.82, 2.24) is 0 Å². The quantitative estimate of drug-likeness (QED) is 0.426. The van der Waals surface area contributed by atoms with E-state index in [9.17, 15) is 21.6 Å². The van der Waals surface area contributed by atoms with E-state index in [1.54, 1.807) is 24.3 Å². The summed E-state index contributed by atoms with van der Waals surface area (Å²) < 4.78 is 49.9. The van der Waals surface area contributed by atoms with Crippen molar-refractivity contribution < 1.29 is 21.6 Å². The second kappa shape index (κ2) is 8.94. The van der Waals surface area contributed by atoms with Gasteiger partial charge in [0.25, 0.3) is 10.0 Å². The number of halogens is 1. The zero-order chi connectivity index (χ0) is 22.6. The number of urea groups is 1. The van der Waals surface area contributed by atoms with E-state index in [1.807, 2.05) is 0 Å². The minimum absolute atomic E-state index is 0.0494. The highest BCUT2D eigenvalue weighted by Crippen LogP contribution is 2.20. The number of carbonyl (C=O) groups excluding carboxylic acids is 1. The Morgan fingerprint density at radius 2 is 1.10 bits per heavy atom. The van der Waals surface area contributed by atoms with E-state index in [2.05, 4.69) is 15.4 Å². The second-order valence-electron chi connectivity index (χ2n) is 6.29. The smallest absolute Gasteiger partial charge is 0.308 e. The maximum Gasteiger partial charge on any atom is 0.323 e. The van der Waals surface area contributed by atoms with Crippen molar-refractivity contribution in [2.24, 2.45) is 5.14 Å². The highest BCUT2D eigenvalue weighted by Gasteiger charge is 2.15. The lowest BCUT2D eigenvalue weighted by molar-refractivity contribution is 0.262. The van der Waals surface area contributed by atoms with Crippen molar-refractivity contribution in [2.75, 3.05) is 15.4 Å². The Morgan fingerprint density at radius 3 is 1.58 bits per heavy atom. The summed E-state index contributed by atoms with van der Waals surface area (Å²) in [6, 6.07) is 16.5. The predicted octanol–water partition coefficient (Wildman–Crippen LogP) is 3.43. The maximum absolute atomic E-state index is 12.5. The molecule has 0 atom stereocenters. The zero-order valence-electron chi connectivity index (χ0n) is 15.7. The fourth-order valence-corrected chi connectivity index (χ4v) is 4.17. The van der Waals surface area contributed by atoms with Crippen LogP contribution in [0.4, 0.5) is 21.9 Å². The summed E-state index contributed by atoms with van der Waals surface area (Å²) in [6.45, 7) is 0. The number of nitrogens with one attached hydrogen (secondary N) is 3. The number of sulfonamides is 2. The zero-order valence-corrected chi connectivity index (χ0v) is 18.1. The molecule has 0 saturated carbocycles. The predicted molar refractivity (Wildman–Crippen MR) is 119 cm³/mol. The summed E-state index contributed by atoms with van der Waals surface area (Å²) in [7, 11) is -7.81. The molecule has 0 aliphatic carbocycles. The van der Waals surface area contributed by atoms with Gasteiger partial charge in [-0.15, -0.1) is 0 Å². The van der Waals surface area contributed by atoms with Crippen LogP contribution in [0.25, 0.3) is 0 Å². The van der Waals surface area contributed by atoms with Crippen LogP contribution in [0.5, 0.6) is 0 Å². The van der Waals surface area contributed by atoms with Gasteiger partial charge in [-0.1, -0.05) is 11.6 Å². The maximum atomic E-state index is 12.5. The van der Waals surface area contributed by atoms with E-state index in [0.717, 1.165) is 0 Å². The molecule has 0 fully saturated rings. The van der Waals surface area contributed by atoms with Crippen LogP contribution >= 0.6 is 11.6 Å². The minimum Gasteiger partial charge on any atom is -0.308 e. The molecule has 12 heteroatoms. The van der Waals surface area contributed by atoms with Gasteiger partial charge < -0.3 is 10.6 Å². The Balaban J connectivity index is 1.65. The molecule has 0 unspecified atom stereocenters. The molecule has 0 aromatic heterocycles. The fourth-order valence-electron chi connectivity index (χ4n) is 2.47. The molecule has 0 heterocycles. The van der Waals surface area contributed by atoms with Crippen molar-refractivity contribution in [3.63, 3.8) is 0 Å². The van der Waals surface area contributed by atoms with Gasteiger partial charge in [0.15, 0.2) is 0 Å². The highest BCUT2D eigenvalue weighted by molar-refractivity contribution is 7.92. The van der Waals surface area contributed by atoms with Crippen LogP contribution in [-0.4, -0.2) is 22.9 Å². The molecule has 0 aliphatic heterocycles. The average molecular weight is 481 g/mol. The standard InChI is InChI=1S/C19H17ClN4O5S2/c20-13-1-3-14(4-2-13)22-19(25)23-15-5-11-18(12-6-15)31(28,29)24-16-7-9-17(10-8-16)30(21,26)27/h1-12,24H,(H2,21,26,27)(H2,22,23,25). The summed E-state index contributed by atoms with van der Waals surface area (Å²) >= 11 is 5.79. The topological polar surface area (TPSA) is 147 Å². The molecule has 31 heavy (non-hydrogen) atoms. The molecule has 3 rings (SSSR count). The first-order valence-electron chi connectivity index (χ1n) is 8.62. The minimum atomic E-state index is -3.93. The lowest BCUT2D eigenvalue weighted by Crippen LogP contribution is -2.19. The summed E-state index contributed by atoms with van der Waals surface area (Å²) in [5.74, 6) is 0. The number of anilines is 3. The number of primary sulfonamides is 1. The van der Waals surface area contributed by atoms with Crippen molar-refractivity contribution in [1.29, 1.82) is 0 Å². The molecule has 2 amide bonds. The summed E-state index contributed by atoms with van der Waals surface area (Å²) in [5.41, 5.74) is 1.08. The normalized spacial score (nSPS) is 11.5. The first-order valence-corrected chi connectivity index (χ1v) is 12.0. The lowest BCUT2D eigenvalue weighted by Gasteiger charge is -2.10. The van der Waals surface area contributed by atoms with Gasteiger partial charge in [-0.25, -0.2) is 26.8 Å². The number of nitrogens with two attached hydrogens (primary N) is 1. The van der Waals surface area contributed by atoms with Gasteiger partial charge in [0.1, 0.15) is 0 Å². The number of carbonyl (C=O) groups is 1. The van der Waals surface area contributed by atoms with Gasteiger partial charge in [-0.05, 0) is 72.8 Å². The van der Waals surface area contributed by atoms with Crippen molar-refractivity contribution in [3.8, 4) is 0 Å². The molecule has 0 aliphatic rings. The van der Waals surface area contributed by atoms with E-state index in [0.29, 0.717) is 16.4 Å². The van der Waals surface area contributed by atoms with Crippen LogP contribution in [-0.2, 0) is 20.0 Å². The Hall–Kier alpha value is -3.12. The SMILES string of the molecule is NS(=O)(=O)c1ccc(NS(=O)(=O)c2ccc(NC(=O)Nc3ccc(Cl)cc3)cc2)cc1. The second-order valence-corrected chi connectivity index (χ2v) is 9.97. The van der Waals surface area contributed by atoms with Gasteiger partial charge in [-0.3, -0.25) is 4.72 Å². The molecule has 0 saturated heterocycles. The number of hydrogen-bond acceptors (Lipinski definition) is 5. The Kier molecular flexibility index (Phi) is 6.51. The first kappa shape index (κ1) is 22.6. The number of benzene rings is 3. The van der Waals surface area contributed by atoms with E-state index >= 15 is 0 Å². The average Bonchev–Trinajstić information content (AvgIpc) is 2.69. The molecule has 3 aromatic rings. The molecule has 0 radical (unpaired) electrons. The van der Waals surface area contributed by atoms with Gasteiger partial charge in [0.05, 0.1) is 9.79 Å².